The number of H-pyrrole nitrogens is 1. The molecule has 6 heteroatoms. The first-order chi connectivity index (χ1) is 11.4. The quantitative estimate of drug-likeness (QED) is 0.827. The maximum Gasteiger partial charge on any atom is 0.258 e. The number of hydrogen-bond donors (Lipinski definition) is 1. The monoisotopic (exact) mass is 349 g/mol. The van der Waals surface area contributed by atoms with E-state index in [1.807, 2.05) is 6.92 Å². The molecule has 0 aliphatic rings. The predicted molar refractivity (Wildman–Crippen MR) is 97.2 cm³/mol. The number of nitrogens with zero attached hydrogens (tertiary/aromatic N) is 2. The third kappa shape index (κ3) is 4.81. The maximum atomic E-state index is 12.4. The lowest BCUT2D eigenvalue weighted by atomic mass is 10.1. The van der Waals surface area contributed by atoms with Gasteiger partial charge in [0, 0.05) is 18.0 Å². The van der Waals surface area contributed by atoms with E-state index < -0.39 is 0 Å². The average molecular weight is 350 g/mol. The van der Waals surface area contributed by atoms with Gasteiger partial charge in [-0.25, -0.2) is 4.98 Å². The second-order valence-corrected chi connectivity index (χ2v) is 6.86. The van der Waals surface area contributed by atoms with E-state index in [9.17, 15) is 9.59 Å². The first-order valence-corrected chi connectivity index (χ1v) is 8.74. The number of rotatable bonds is 7. The van der Waals surface area contributed by atoms with Crippen LogP contribution in [-0.4, -0.2) is 27.3 Å². The highest BCUT2D eigenvalue weighted by Crippen LogP contribution is 2.15. The standard InChI is InChI=1S/C18H24ClN3O2/c1-4-9-22(17(23)8-5-12(2)3)11-16-20-15-10-13(19)6-7-14(15)18(24)21-16/h6-7,10,12H,4-5,8-9,11H2,1-3H3,(H,20,21,24). The molecular weight excluding hydrogens is 326 g/mol. The molecule has 1 heterocycles. The highest BCUT2D eigenvalue weighted by Gasteiger charge is 2.15. The van der Waals surface area contributed by atoms with Gasteiger partial charge >= 0.3 is 0 Å². The van der Waals surface area contributed by atoms with Crippen molar-refractivity contribution in [3.63, 3.8) is 0 Å². The third-order valence-corrected chi connectivity index (χ3v) is 4.08. The number of halogens is 1. The molecule has 130 valence electrons. The van der Waals surface area contributed by atoms with Crippen molar-refractivity contribution < 1.29 is 4.79 Å². The largest absolute Gasteiger partial charge is 0.335 e. The van der Waals surface area contributed by atoms with Crippen LogP contribution in [-0.2, 0) is 11.3 Å². The smallest absolute Gasteiger partial charge is 0.258 e. The van der Waals surface area contributed by atoms with Gasteiger partial charge in [-0.15, -0.1) is 0 Å². The van der Waals surface area contributed by atoms with Crippen molar-refractivity contribution >= 4 is 28.4 Å². The number of nitrogens with one attached hydrogen (secondary N) is 1. The van der Waals surface area contributed by atoms with Crippen molar-refractivity contribution in [3.8, 4) is 0 Å². The van der Waals surface area contributed by atoms with Crippen LogP contribution in [0.4, 0.5) is 0 Å². The van der Waals surface area contributed by atoms with E-state index in [-0.39, 0.29) is 11.5 Å². The summed E-state index contributed by atoms with van der Waals surface area (Å²) in [5.74, 6) is 1.07. The Kier molecular flexibility index (Phi) is 6.37. The van der Waals surface area contributed by atoms with Gasteiger partial charge < -0.3 is 9.88 Å². The van der Waals surface area contributed by atoms with E-state index in [0.29, 0.717) is 47.2 Å². The maximum absolute atomic E-state index is 12.4. The Labute approximate surface area is 147 Å². The SMILES string of the molecule is CCCN(Cc1nc2cc(Cl)ccc2c(=O)[nH]1)C(=O)CCC(C)C. The number of benzene rings is 1. The number of amides is 1. The van der Waals surface area contributed by atoms with Crippen molar-refractivity contribution in [1.82, 2.24) is 14.9 Å². The Hall–Kier alpha value is -1.88. The molecule has 1 aromatic heterocycles. The molecule has 1 N–H and O–H groups in total. The summed E-state index contributed by atoms with van der Waals surface area (Å²) in [6.45, 7) is 7.18. The molecule has 0 saturated carbocycles. The zero-order valence-corrected chi connectivity index (χ0v) is 15.2. The Morgan fingerprint density at radius 2 is 2.12 bits per heavy atom. The summed E-state index contributed by atoms with van der Waals surface area (Å²) < 4.78 is 0. The van der Waals surface area contributed by atoms with Crippen molar-refractivity contribution in [2.24, 2.45) is 5.92 Å². The second kappa shape index (κ2) is 8.29. The number of fused-ring (bicyclic) bond motifs is 1. The average Bonchev–Trinajstić information content (AvgIpc) is 2.51. The molecule has 0 fully saturated rings. The van der Waals surface area contributed by atoms with Crippen molar-refractivity contribution in [2.45, 2.75) is 46.6 Å². The fraction of sp³-hybridized carbons (Fsp3) is 0.500. The minimum atomic E-state index is -0.210. The fourth-order valence-electron chi connectivity index (χ4n) is 2.55. The lowest BCUT2D eigenvalue weighted by Gasteiger charge is -2.22. The Balaban J connectivity index is 2.24. The Morgan fingerprint density at radius 1 is 1.38 bits per heavy atom. The van der Waals surface area contributed by atoms with E-state index in [2.05, 4.69) is 23.8 Å². The number of carbonyl (C=O) groups is 1. The van der Waals surface area contributed by atoms with Gasteiger partial charge in [0.1, 0.15) is 5.82 Å². The molecule has 0 aliphatic heterocycles. The van der Waals surface area contributed by atoms with Crippen LogP contribution in [0.2, 0.25) is 5.02 Å². The zero-order valence-electron chi connectivity index (χ0n) is 14.4. The molecule has 24 heavy (non-hydrogen) atoms. The van der Waals surface area contributed by atoms with E-state index in [4.69, 9.17) is 11.6 Å². The highest BCUT2D eigenvalue weighted by atomic mass is 35.5. The molecule has 2 aromatic rings. The zero-order chi connectivity index (χ0) is 17.7. The molecule has 0 saturated heterocycles. The van der Waals surface area contributed by atoms with Gasteiger partial charge in [0.2, 0.25) is 5.91 Å². The molecule has 0 atom stereocenters. The number of aromatic amines is 1. The van der Waals surface area contributed by atoms with Gasteiger partial charge in [-0.3, -0.25) is 9.59 Å². The van der Waals surface area contributed by atoms with Crippen LogP contribution in [0.5, 0.6) is 0 Å². The van der Waals surface area contributed by atoms with Crippen LogP contribution in [0.25, 0.3) is 10.9 Å². The van der Waals surface area contributed by atoms with E-state index in [1.54, 1.807) is 23.1 Å². The Bertz CT molecular complexity index is 770. The molecule has 5 nitrogen and oxygen atoms in total. The third-order valence-electron chi connectivity index (χ3n) is 3.84. The van der Waals surface area contributed by atoms with E-state index >= 15 is 0 Å². The summed E-state index contributed by atoms with van der Waals surface area (Å²) in [7, 11) is 0. The molecule has 2 rings (SSSR count). The van der Waals surface area contributed by atoms with Gasteiger partial charge in [-0.2, -0.15) is 0 Å². The van der Waals surface area contributed by atoms with Gasteiger partial charge in [-0.1, -0.05) is 32.4 Å². The van der Waals surface area contributed by atoms with Crippen LogP contribution in [0, 0.1) is 5.92 Å². The number of carbonyl (C=O) groups excluding carboxylic acids is 1. The summed E-state index contributed by atoms with van der Waals surface area (Å²) in [6, 6.07) is 4.99. The molecule has 1 aromatic carbocycles. The van der Waals surface area contributed by atoms with Gasteiger partial charge in [-0.05, 0) is 37.0 Å². The topological polar surface area (TPSA) is 66.1 Å². The molecule has 1 amide bonds. The van der Waals surface area contributed by atoms with Crippen LogP contribution >= 0.6 is 11.6 Å². The summed E-state index contributed by atoms with van der Waals surface area (Å²) in [5, 5.41) is 1.03. The van der Waals surface area contributed by atoms with Crippen molar-refractivity contribution in [2.75, 3.05) is 6.54 Å². The first kappa shape index (κ1) is 18.5. The van der Waals surface area contributed by atoms with Crippen LogP contribution in [0.1, 0.15) is 45.9 Å². The van der Waals surface area contributed by atoms with Gasteiger partial charge in [0.15, 0.2) is 0 Å². The van der Waals surface area contributed by atoms with Crippen LogP contribution in [0.15, 0.2) is 23.0 Å². The number of hydrogen-bond acceptors (Lipinski definition) is 3. The van der Waals surface area contributed by atoms with Gasteiger partial charge in [0.05, 0.1) is 17.4 Å². The predicted octanol–water partition coefficient (Wildman–Crippen LogP) is 3.75. The molecule has 0 radical (unpaired) electrons. The van der Waals surface area contributed by atoms with Crippen molar-refractivity contribution in [1.29, 1.82) is 0 Å². The highest BCUT2D eigenvalue weighted by molar-refractivity contribution is 6.31. The minimum absolute atomic E-state index is 0.0967. The molecule has 0 unspecified atom stereocenters. The molecular formula is C18H24ClN3O2. The summed E-state index contributed by atoms with van der Waals surface area (Å²) in [5.41, 5.74) is 0.338. The first-order valence-electron chi connectivity index (χ1n) is 8.37. The lowest BCUT2D eigenvalue weighted by Crippen LogP contribution is -2.32. The Morgan fingerprint density at radius 3 is 2.79 bits per heavy atom. The lowest BCUT2D eigenvalue weighted by molar-refractivity contribution is -0.132. The summed E-state index contributed by atoms with van der Waals surface area (Å²) >= 11 is 5.98. The summed E-state index contributed by atoms with van der Waals surface area (Å²) in [6.07, 6.45) is 2.23. The van der Waals surface area contributed by atoms with E-state index in [1.165, 1.54) is 0 Å². The molecule has 0 aliphatic carbocycles. The molecule has 0 bridgehead atoms. The normalized spacial score (nSPS) is 11.2. The number of aromatic nitrogens is 2. The summed E-state index contributed by atoms with van der Waals surface area (Å²) in [4.78, 5) is 33.6. The molecule has 0 spiro atoms. The van der Waals surface area contributed by atoms with Crippen LogP contribution < -0.4 is 5.56 Å². The van der Waals surface area contributed by atoms with Crippen LogP contribution in [0.3, 0.4) is 0 Å². The van der Waals surface area contributed by atoms with Crippen molar-refractivity contribution in [3.05, 3.63) is 39.4 Å². The van der Waals surface area contributed by atoms with Gasteiger partial charge in [0.25, 0.3) is 5.56 Å². The minimum Gasteiger partial charge on any atom is -0.335 e. The second-order valence-electron chi connectivity index (χ2n) is 6.42. The fourth-order valence-corrected chi connectivity index (χ4v) is 2.72. The van der Waals surface area contributed by atoms with E-state index in [0.717, 1.165) is 12.8 Å².